The smallest absolute Gasteiger partial charge is 0.230 e. The van der Waals surface area contributed by atoms with Crippen LogP contribution in [0.4, 0.5) is 0 Å². The van der Waals surface area contributed by atoms with E-state index in [9.17, 15) is 13.2 Å². The number of amides is 1. The van der Waals surface area contributed by atoms with E-state index in [0.29, 0.717) is 11.0 Å². The zero-order valence-electron chi connectivity index (χ0n) is 16.6. The van der Waals surface area contributed by atoms with Crippen molar-refractivity contribution in [2.45, 2.75) is 17.0 Å². The summed E-state index contributed by atoms with van der Waals surface area (Å²) >= 11 is 1.23. The number of carbonyl (C=O) groups excluding carboxylic acids is 1. The second-order valence-corrected chi connectivity index (χ2v) is 9.39. The summed E-state index contributed by atoms with van der Waals surface area (Å²) in [4.78, 5) is 12.4. The maximum Gasteiger partial charge on any atom is 0.230 e. The fourth-order valence-electron chi connectivity index (χ4n) is 2.72. The molecule has 10 heteroatoms. The Bertz CT molecular complexity index is 1100. The largest absolute Gasteiger partial charge is 0.497 e. The molecule has 0 fully saturated rings. The molecule has 0 aliphatic rings. The highest BCUT2D eigenvalue weighted by Crippen LogP contribution is 2.23. The molecule has 2 aromatic carbocycles. The first-order chi connectivity index (χ1) is 14.4. The maximum absolute atomic E-state index is 12.3. The van der Waals surface area contributed by atoms with Crippen molar-refractivity contribution in [2.24, 2.45) is 0 Å². The number of carbonyl (C=O) groups is 1. The number of aromatic nitrogens is 3. The number of sulfone groups is 1. The van der Waals surface area contributed by atoms with E-state index in [2.05, 4.69) is 15.5 Å². The SMILES string of the molecule is COc1ccc(-n2c(C)nnc2SCC(=O)NCCS(=O)(=O)c2ccccc2)cc1. The predicted molar refractivity (Wildman–Crippen MR) is 115 cm³/mol. The average molecular weight is 447 g/mol. The minimum Gasteiger partial charge on any atom is -0.497 e. The molecule has 1 aromatic heterocycles. The van der Waals surface area contributed by atoms with Crippen molar-refractivity contribution in [3.05, 3.63) is 60.4 Å². The normalized spacial score (nSPS) is 11.3. The Morgan fingerprint density at radius 1 is 1.10 bits per heavy atom. The van der Waals surface area contributed by atoms with Gasteiger partial charge in [0, 0.05) is 12.2 Å². The molecule has 0 saturated carbocycles. The minimum absolute atomic E-state index is 0.0425. The number of nitrogens with zero attached hydrogens (tertiary/aromatic N) is 3. The van der Waals surface area contributed by atoms with Crippen molar-refractivity contribution in [3.63, 3.8) is 0 Å². The summed E-state index contributed by atoms with van der Waals surface area (Å²) in [5.74, 6) is 1.10. The van der Waals surface area contributed by atoms with Crippen molar-refractivity contribution in [1.29, 1.82) is 0 Å². The number of nitrogens with one attached hydrogen (secondary N) is 1. The Morgan fingerprint density at radius 2 is 1.80 bits per heavy atom. The fourth-order valence-corrected chi connectivity index (χ4v) is 4.72. The molecule has 3 aromatic rings. The van der Waals surface area contributed by atoms with E-state index in [1.54, 1.807) is 37.4 Å². The van der Waals surface area contributed by atoms with Crippen molar-refractivity contribution >= 4 is 27.5 Å². The van der Waals surface area contributed by atoms with E-state index in [1.165, 1.54) is 11.8 Å². The summed E-state index contributed by atoms with van der Waals surface area (Å²) in [5, 5.41) is 11.4. The Hall–Kier alpha value is -2.85. The molecule has 30 heavy (non-hydrogen) atoms. The maximum atomic E-state index is 12.3. The van der Waals surface area contributed by atoms with E-state index in [-0.39, 0.29) is 28.9 Å². The molecule has 0 atom stereocenters. The molecule has 0 unspecified atom stereocenters. The van der Waals surface area contributed by atoms with E-state index in [1.807, 2.05) is 35.8 Å². The molecular formula is C20H22N4O4S2. The summed E-state index contributed by atoms with van der Waals surface area (Å²) in [7, 11) is -1.83. The molecule has 0 spiro atoms. The van der Waals surface area contributed by atoms with Crippen molar-refractivity contribution in [1.82, 2.24) is 20.1 Å². The van der Waals surface area contributed by atoms with Crippen LogP contribution >= 0.6 is 11.8 Å². The van der Waals surface area contributed by atoms with Gasteiger partial charge in [0.2, 0.25) is 5.91 Å². The molecule has 1 heterocycles. The van der Waals surface area contributed by atoms with Crippen LogP contribution in [0.25, 0.3) is 5.69 Å². The second-order valence-electron chi connectivity index (χ2n) is 6.33. The number of thioether (sulfide) groups is 1. The number of methoxy groups -OCH3 is 1. The van der Waals surface area contributed by atoms with Crippen LogP contribution < -0.4 is 10.1 Å². The van der Waals surface area contributed by atoms with Gasteiger partial charge in [0.1, 0.15) is 11.6 Å². The van der Waals surface area contributed by atoms with Gasteiger partial charge in [-0.15, -0.1) is 10.2 Å². The van der Waals surface area contributed by atoms with Crippen LogP contribution in [-0.2, 0) is 14.6 Å². The lowest BCUT2D eigenvalue weighted by Crippen LogP contribution is -2.30. The fraction of sp³-hybridized carbons (Fsp3) is 0.250. The quantitative estimate of drug-likeness (QED) is 0.503. The highest BCUT2D eigenvalue weighted by Gasteiger charge is 2.16. The van der Waals surface area contributed by atoms with Crippen LogP contribution in [0.3, 0.4) is 0 Å². The van der Waals surface area contributed by atoms with Crippen molar-refractivity contribution in [2.75, 3.05) is 25.2 Å². The van der Waals surface area contributed by atoms with Gasteiger partial charge in [0.05, 0.1) is 23.5 Å². The molecule has 0 radical (unpaired) electrons. The Labute approximate surface area is 179 Å². The molecular weight excluding hydrogens is 424 g/mol. The van der Waals surface area contributed by atoms with Gasteiger partial charge < -0.3 is 10.1 Å². The zero-order valence-corrected chi connectivity index (χ0v) is 18.2. The van der Waals surface area contributed by atoms with Crippen LogP contribution in [0.5, 0.6) is 5.75 Å². The van der Waals surface area contributed by atoms with Gasteiger partial charge in [-0.2, -0.15) is 0 Å². The van der Waals surface area contributed by atoms with Gasteiger partial charge >= 0.3 is 0 Å². The lowest BCUT2D eigenvalue weighted by molar-refractivity contribution is -0.118. The zero-order chi connectivity index (χ0) is 21.6. The molecule has 0 aliphatic heterocycles. The van der Waals surface area contributed by atoms with Crippen LogP contribution in [0, 0.1) is 6.92 Å². The summed E-state index contributed by atoms with van der Waals surface area (Å²) in [6, 6.07) is 15.6. The van der Waals surface area contributed by atoms with E-state index < -0.39 is 9.84 Å². The third-order valence-corrected chi connectivity index (χ3v) is 6.91. The molecule has 0 bridgehead atoms. The summed E-state index contributed by atoms with van der Waals surface area (Å²) in [5.41, 5.74) is 0.857. The van der Waals surface area contributed by atoms with Crippen molar-refractivity contribution < 1.29 is 17.9 Å². The molecule has 0 aliphatic carbocycles. The van der Waals surface area contributed by atoms with Gasteiger partial charge in [0.25, 0.3) is 0 Å². The van der Waals surface area contributed by atoms with E-state index in [0.717, 1.165) is 11.4 Å². The summed E-state index contributed by atoms with van der Waals surface area (Å²) < 4.78 is 31.5. The lowest BCUT2D eigenvalue weighted by Gasteiger charge is -2.09. The van der Waals surface area contributed by atoms with Crippen LogP contribution in [0.2, 0.25) is 0 Å². The van der Waals surface area contributed by atoms with Gasteiger partial charge in [-0.3, -0.25) is 9.36 Å². The first-order valence-electron chi connectivity index (χ1n) is 9.14. The number of aryl methyl sites for hydroxylation is 1. The minimum atomic E-state index is -3.43. The van der Waals surface area contributed by atoms with Gasteiger partial charge in [0.15, 0.2) is 15.0 Å². The molecule has 8 nitrogen and oxygen atoms in total. The second kappa shape index (κ2) is 9.77. The van der Waals surface area contributed by atoms with Crippen molar-refractivity contribution in [3.8, 4) is 11.4 Å². The standard InChI is InChI=1S/C20H22N4O4S2/c1-15-22-23-20(24(15)16-8-10-17(28-2)11-9-16)29-14-19(25)21-12-13-30(26,27)18-6-4-3-5-7-18/h3-11H,12-14H2,1-2H3,(H,21,25). The van der Waals surface area contributed by atoms with Crippen LogP contribution in [0.15, 0.2) is 64.6 Å². The summed E-state index contributed by atoms with van der Waals surface area (Å²) in [6.45, 7) is 1.87. The van der Waals surface area contributed by atoms with Crippen LogP contribution in [0.1, 0.15) is 5.82 Å². The lowest BCUT2D eigenvalue weighted by atomic mass is 10.3. The number of hydrogen-bond donors (Lipinski definition) is 1. The molecule has 158 valence electrons. The number of rotatable bonds is 9. The molecule has 1 N–H and O–H groups in total. The predicted octanol–water partition coefficient (Wildman–Crippen LogP) is 2.27. The Balaban J connectivity index is 1.55. The number of benzene rings is 2. The van der Waals surface area contributed by atoms with Gasteiger partial charge in [-0.25, -0.2) is 8.42 Å². The first kappa shape index (κ1) is 21.8. The monoisotopic (exact) mass is 446 g/mol. The number of ether oxygens (including phenoxy) is 1. The molecule has 1 amide bonds. The number of hydrogen-bond acceptors (Lipinski definition) is 7. The Morgan fingerprint density at radius 3 is 2.47 bits per heavy atom. The highest BCUT2D eigenvalue weighted by molar-refractivity contribution is 7.99. The van der Waals surface area contributed by atoms with Gasteiger partial charge in [-0.1, -0.05) is 30.0 Å². The Kier molecular flexibility index (Phi) is 7.11. The molecule has 3 rings (SSSR count). The summed E-state index contributed by atoms with van der Waals surface area (Å²) in [6.07, 6.45) is 0. The topological polar surface area (TPSA) is 103 Å². The third-order valence-electron chi connectivity index (χ3n) is 4.25. The van der Waals surface area contributed by atoms with Gasteiger partial charge in [-0.05, 0) is 43.3 Å². The van der Waals surface area contributed by atoms with E-state index >= 15 is 0 Å². The average Bonchev–Trinajstić information content (AvgIpc) is 3.13. The first-order valence-corrected chi connectivity index (χ1v) is 11.8. The van der Waals surface area contributed by atoms with Crippen LogP contribution in [-0.4, -0.2) is 54.2 Å². The highest BCUT2D eigenvalue weighted by atomic mass is 32.2. The third kappa shape index (κ3) is 5.39. The van der Waals surface area contributed by atoms with E-state index in [4.69, 9.17) is 4.74 Å². The molecule has 0 saturated heterocycles.